The monoisotopic (exact) mass is 176 g/mol. The molecule has 6 aliphatic rings. The molecule has 0 N–H and O–H groups in total. The molecule has 0 aliphatic heterocycles. The Labute approximate surface area is 81.1 Å². The highest BCUT2D eigenvalue weighted by Crippen LogP contribution is 3.18. The summed E-state index contributed by atoms with van der Waals surface area (Å²) in [6.45, 7) is 4.89. The normalized spacial score (nSPS) is 67.8. The molecule has 3 atom stereocenters. The zero-order valence-electron chi connectivity index (χ0n) is 8.84. The van der Waals surface area contributed by atoms with Gasteiger partial charge in [0, 0.05) is 0 Å². The van der Waals surface area contributed by atoms with Gasteiger partial charge in [0.15, 0.2) is 0 Å². The standard InChI is InChI=1S/C13H20/c1-3-4-5-6-7-8-12(2)10-9-11(12)13(8,9)10/h8-11H,3-7H2,1-2H3. The summed E-state index contributed by atoms with van der Waals surface area (Å²) < 4.78 is 0. The maximum Gasteiger partial charge on any atom is -0.0156 e. The summed E-state index contributed by atoms with van der Waals surface area (Å²) >= 11 is 0. The third kappa shape index (κ3) is 0.444. The minimum absolute atomic E-state index is 0.914. The van der Waals surface area contributed by atoms with Gasteiger partial charge < -0.3 is 0 Å². The second-order valence-electron chi connectivity index (χ2n) is 6.25. The summed E-state index contributed by atoms with van der Waals surface area (Å²) in [5.41, 5.74) is 1.96. The van der Waals surface area contributed by atoms with Gasteiger partial charge in [-0.05, 0) is 40.9 Å². The maximum absolute atomic E-state index is 2.58. The van der Waals surface area contributed by atoms with Crippen molar-refractivity contribution in [2.75, 3.05) is 0 Å². The Kier molecular flexibility index (Phi) is 0.971. The molecule has 6 rings (SSSR count). The third-order valence-corrected chi connectivity index (χ3v) is 6.20. The van der Waals surface area contributed by atoms with Crippen LogP contribution in [-0.4, -0.2) is 0 Å². The average Bonchev–Trinajstić information content (AvgIpc) is 2.85. The molecule has 0 saturated heterocycles. The van der Waals surface area contributed by atoms with Crippen LogP contribution in [0.2, 0.25) is 0 Å². The number of hydrogen-bond acceptors (Lipinski definition) is 0. The Balaban J connectivity index is 1.31. The van der Waals surface area contributed by atoms with Crippen molar-refractivity contribution < 1.29 is 0 Å². The lowest BCUT2D eigenvalue weighted by molar-refractivity contribution is -0.241. The molecule has 6 saturated carbocycles. The molecule has 0 heteroatoms. The fourth-order valence-electron chi connectivity index (χ4n) is 5.79. The van der Waals surface area contributed by atoms with Crippen LogP contribution in [0.3, 0.4) is 0 Å². The zero-order valence-corrected chi connectivity index (χ0v) is 8.84. The van der Waals surface area contributed by atoms with E-state index >= 15 is 0 Å². The van der Waals surface area contributed by atoms with E-state index < -0.39 is 0 Å². The van der Waals surface area contributed by atoms with Gasteiger partial charge in [-0.3, -0.25) is 0 Å². The summed E-state index contributed by atoms with van der Waals surface area (Å²) in [4.78, 5) is 0. The van der Waals surface area contributed by atoms with Crippen LogP contribution in [0.5, 0.6) is 0 Å². The van der Waals surface area contributed by atoms with Crippen LogP contribution in [-0.2, 0) is 0 Å². The van der Waals surface area contributed by atoms with E-state index in [9.17, 15) is 0 Å². The molecule has 4 bridgehead atoms. The fraction of sp³-hybridized carbons (Fsp3) is 1.00. The Morgan fingerprint density at radius 1 is 1.08 bits per heavy atom. The van der Waals surface area contributed by atoms with Crippen LogP contribution >= 0.6 is 0 Å². The summed E-state index contributed by atoms with van der Waals surface area (Å²) in [6, 6.07) is 0. The van der Waals surface area contributed by atoms with Crippen molar-refractivity contribution in [3.63, 3.8) is 0 Å². The lowest BCUT2D eigenvalue weighted by Crippen LogP contribution is -2.67. The Hall–Kier alpha value is 0. The van der Waals surface area contributed by atoms with Gasteiger partial charge in [-0.15, -0.1) is 0 Å². The highest BCUT2D eigenvalue weighted by Gasteiger charge is 3.15. The van der Waals surface area contributed by atoms with Crippen LogP contribution in [0.25, 0.3) is 0 Å². The molecule has 6 aliphatic carbocycles. The summed E-state index contributed by atoms with van der Waals surface area (Å²) in [6.07, 6.45) is 7.47. The van der Waals surface area contributed by atoms with Crippen molar-refractivity contribution in [1.82, 2.24) is 0 Å². The molecule has 13 heavy (non-hydrogen) atoms. The van der Waals surface area contributed by atoms with E-state index in [4.69, 9.17) is 0 Å². The van der Waals surface area contributed by atoms with E-state index in [1.165, 1.54) is 49.4 Å². The van der Waals surface area contributed by atoms with Gasteiger partial charge >= 0.3 is 0 Å². The Morgan fingerprint density at radius 3 is 2.38 bits per heavy atom. The smallest absolute Gasteiger partial charge is 0.0156 e. The lowest BCUT2D eigenvalue weighted by Gasteiger charge is -2.70. The molecule has 0 amide bonds. The molecule has 0 radical (unpaired) electrons. The van der Waals surface area contributed by atoms with Gasteiger partial charge in [-0.25, -0.2) is 0 Å². The zero-order chi connectivity index (χ0) is 8.84. The fourth-order valence-corrected chi connectivity index (χ4v) is 5.79. The van der Waals surface area contributed by atoms with Crippen molar-refractivity contribution in [3.05, 3.63) is 0 Å². The van der Waals surface area contributed by atoms with Gasteiger partial charge in [-0.2, -0.15) is 0 Å². The summed E-state index contributed by atoms with van der Waals surface area (Å²) in [7, 11) is 0. The molecule has 1 spiro atoms. The first-order chi connectivity index (χ1) is 6.30. The minimum atomic E-state index is 0.914. The molecule has 6 fully saturated rings. The molecule has 3 unspecified atom stereocenters. The third-order valence-electron chi connectivity index (χ3n) is 6.20. The molecular formula is C13H20. The van der Waals surface area contributed by atoms with Crippen LogP contribution in [0.4, 0.5) is 0 Å². The van der Waals surface area contributed by atoms with E-state index in [0.717, 1.165) is 10.8 Å². The SMILES string of the molecule is CCCCCCC1C2(C)C3C4C2C413. The quantitative estimate of drug-likeness (QED) is 0.563. The maximum atomic E-state index is 2.58. The molecule has 0 aromatic rings. The van der Waals surface area contributed by atoms with E-state index in [1.807, 2.05) is 0 Å². The van der Waals surface area contributed by atoms with Crippen molar-refractivity contribution in [2.24, 2.45) is 34.5 Å². The van der Waals surface area contributed by atoms with Gasteiger partial charge in [0.1, 0.15) is 0 Å². The average molecular weight is 176 g/mol. The van der Waals surface area contributed by atoms with E-state index in [2.05, 4.69) is 13.8 Å². The van der Waals surface area contributed by atoms with Crippen LogP contribution in [0.15, 0.2) is 0 Å². The second-order valence-corrected chi connectivity index (χ2v) is 6.25. The van der Waals surface area contributed by atoms with Crippen molar-refractivity contribution in [3.8, 4) is 0 Å². The second kappa shape index (κ2) is 1.73. The number of unbranched alkanes of at least 4 members (excludes halogenated alkanes) is 3. The molecule has 72 valence electrons. The van der Waals surface area contributed by atoms with E-state index in [0.29, 0.717) is 0 Å². The first kappa shape index (κ1) is 7.31. The van der Waals surface area contributed by atoms with Crippen LogP contribution < -0.4 is 0 Å². The Bertz CT molecular complexity index is 266. The van der Waals surface area contributed by atoms with Crippen LogP contribution in [0, 0.1) is 34.5 Å². The minimum Gasteiger partial charge on any atom is -0.0654 e. The first-order valence-electron chi connectivity index (χ1n) is 6.30. The molecule has 0 nitrogen and oxygen atoms in total. The molecule has 0 aromatic heterocycles. The predicted octanol–water partition coefficient (Wildman–Crippen LogP) is 3.47. The Morgan fingerprint density at radius 2 is 1.85 bits per heavy atom. The number of rotatable bonds is 5. The van der Waals surface area contributed by atoms with Gasteiger partial charge in [0.2, 0.25) is 0 Å². The highest BCUT2D eigenvalue weighted by molar-refractivity contribution is 5.61. The molecule has 0 aromatic carbocycles. The van der Waals surface area contributed by atoms with Crippen molar-refractivity contribution in [2.45, 2.75) is 46.0 Å². The highest BCUT2D eigenvalue weighted by atomic mass is 15.2. The van der Waals surface area contributed by atoms with E-state index in [-0.39, 0.29) is 0 Å². The molecule has 0 heterocycles. The molecular weight excluding hydrogens is 156 g/mol. The summed E-state index contributed by atoms with van der Waals surface area (Å²) in [5, 5.41) is 0. The van der Waals surface area contributed by atoms with Gasteiger partial charge in [0.25, 0.3) is 0 Å². The lowest BCUT2D eigenvalue weighted by atomic mass is 9.33. The van der Waals surface area contributed by atoms with Crippen molar-refractivity contribution >= 4 is 0 Å². The predicted molar refractivity (Wildman–Crippen MR) is 53.3 cm³/mol. The number of hydrogen-bond donors (Lipinski definition) is 0. The van der Waals surface area contributed by atoms with Gasteiger partial charge in [0.05, 0.1) is 0 Å². The van der Waals surface area contributed by atoms with E-state index in [1.54, 1.807) is 6.42 Å². The van der Waals surface area contributed by atoms with Gasteiger partial charge in [-0.1, -0.05) is 39.5 Å². The van der Waals surface area contributed by atoms with Crippen LogP contribution in [0.1, 0.15) is 46.0 Å². The largest absolute Gasteiger partial charge is 0.0654 e. The first-order valence-corrected chi connectivity index (χ1v) is 6.30. The summed E-state index contributed by atoms with van der Waals surface area (Å²) in [5.74, 6) is 5.02. The topological polar surface area (TPSA) is 0 Å². The van der Waals surface area contributed by atoms with Crippen molar-refractivity contribution in [1.29, 1.82) is 0 Å².